The maximum absolute atomic E-state index is 9.99. The number of aliphatic hydroxyl groups is 2. The molecule has 4 nitrogen and oxygen atoms in total. The van der Waals surface area contributed by atoms with Gasteiger partial charge in [-0.15, -0.1) is 6.58 Å². The molecule has 2 unspecified atom stereocenters. The Morgan fingerprint density at radius 3 is 2.31 bits per heavy atom. The zero-order valence-electron chi connectivity index (χ0n) is 7.00. The van der Waals surface area contributed by atoms with Gasteiger partial charge in [-0.2, -0.15) is 0 Å². The third-order valence-electron chi connectivity index (χ3n) is 1.25. The number of carboxylic acids is 1. The largest absolute Gasteiger partial charge is 0.478 e. The van der Waals surface area contributed by atoms with Gasteiger partial charge in [-0.05, 0) is 0 Å². The Hall–Kier alpha value is -1.39. The van der Waals surface area contributed by atoms with Gasteiger partial charge in [0, 0.05) is 6.08 Å². The van der Waals surface area contributed by atoms with Gasteiger partial charge in [0.1, 0.15) is 12.2 Å². The Morgan fingerprint density at radius 2 is 1.85 bits per heavy atom. The molecule has 72 valence electrons. The van der Waals surface area contributed by atoms with Gasteiger partial charge in [0.15, 0.2) is 0 Å². The van der Waals surface area contributed by atoms with Gasteiger partial charge in [0.25, 0.3) is 0 Å². The highest BCUT2D eigenvalue weighted by atomic mass is 16.4. The number of allylic oxidation sites excluding steroid dienone is 2. The van der Waals surface area contributed by atoms with Crippen LogP contribution in [0.15, 0.2) is 37.0 Å². The van der Waals surface area contributed by atoms with Gasteiger partial charge < -0.3 is 15.3 Å². The molecule has 0 saturated carbocycles. The quantitative estimate of drug-likeness (QED) is 0.321. The van der Waals surface area contributed by atoms with E-state index in [0.717, 1.165) is 6.08 Å². The summed E-state index contributed by atoms with van der Waals surface area (Å²) in [7, 11) is 0. The highest BCUT2D eigenvalue weighted by molar-refractivity contribution is 5.80. The Morgan fingerprint density at radius 1 is 1.23 bits per heavy atom. The summed E-state index contributed by atoms with van der Waals surface area (Å²) in [5.41, 5.74) is 0. The predicted octanol–water partition coefficient (Wildman–Crippen LogP) is 0.0912. The molecule has 0 rings (SSSR count). The van der Waals surface area contributed by atoms with Crippen LogP contribution in [-0.4, -0.2) is 33.5 Å². The van der Waals surface area contributed by atoms with Gasteiger partial charge in [0.2, 0.25) is 0 Å². The highest BCUT2D eigenvalue weighted by Gasteiger charge is 2.06. The minimum absolute atomic E-state index is 0.920. The minimum Gasteiger partial charge on any atom is -0.478 e. The molecule has 0 bridgehead atoms. The molecule has 0 aromatic heterocycles. The second-order valence-corrected chi connectivity index (χ2v) is 2.30. The molecule has 0 aromatic rings. The van der Waals surface area contributed by atoms with Crippen LogP contribution in [0.3, 0.4) is 0 Å². The summed E-state index contributed by atoms with van der Waals surface area (Å²) in [6, 6.07) is 0. The van der Waals surface area contributed by atoms with Crippen molar-refractivity contribution < 1.29 is 20.1 Å². The molecular weight excluding hydrogens is 172 g/mol. The molecule has 0 fully saturated rings. The van der Waals surface area contributed by atoms with E-state index in [2.05, 4.69) is 6.58 Å². The van der Waals surface area contributed by atoms with Gasteiger partial charge in [-0.3, -0.25) is 0 Å². The first-order valence-electron chi connectivity index (χ1n) is 3.64. The van der Waals surface area contributed by atoms with Crippen LogP contribution in [0.25, 0.3) is 0 Å². The van der Waals surface area contributed by atoms with E-state index >= 15 is 0 Å². The maximum Gasteiger partial charge on any atom is 0.328 e. The van der Waals surface area contributed by atoms with Crippen LogP contribution in [0.2, 0.25) is 0 Å². The van der Waals surface area contributed by atoms with Crippen molar-refractivity contribution in [2.24, 2.45) is 0 Å². The van der Waals surface area contributed by atoms with Gasteiger partial charge >= 0.3 is 5.97 Å². The fourth-order valence-electron chi connectivity index (χ4n) is 0.569. The molecule has 13 heavy (non-hydrogen) atoms. The summed E-state index contributed by atoms with van der Waals surface area (Å²) in [4.78, 5) is 9.99. The van der Waals surface area contributed by atoms with Crippen molar-refractivity contribution in [1.82, 2.24) is 0 Å². The van der Waals surface area contributed by atoms with E-state index in [0.29, 0.717) is 0 Å². The lowest BCUT2D eigenvalue weighted by Gasteiger charge is -2.07. The SMILES string of the molecule is C=CC(O)C(O)C=CC=CC(=O)O. The van der Waals surface area contributed by atoms with Gasteiger partial charge in [-0.25, -0.2) is 4.79 Å². The second kappa shape index (κ2) is 6.16. The van der Waals surface area contributed by atoms with Crippen molar-refractivity contribution in [3.8, 4) is 0 Å². The normalized spacial score (nSPS) is 16.2. The number of aliphatic hydroxyl groups excluding tert-OH is 2. The number of carboxylic acid groups (broad SMARTS) is 1. The summed E-state index contributed by atoms with van der Waals surface area (Å²) in [5, 5.41) is 26.3. The zero-order chi connectivity index (χ0) is 10.3. The van der Waals surface area contributed by atoms with Crippen molar-refractivity contribution in [1.29, 1.82) is 0 Å². The standard InChI is InChI=1S/C9H12O4/c1-2-7(10)8(11)5-3-4-6-9(12)13/h2-8,10-11H,1H2,(H,12,13). The van der Waals surface area contributed by atoms with E-state index < -0.39 is 18.2 Å². The lowest BCUT2D eigenvalue weighted by Crippen LogP contribution is -2.20. The molecule has 4 heteroatoms. The first-order valence-corrected chi connectivity index (χ1v) is 3.64. The fourth-order valence-corrected chi connectivity index (χ4v) is 0.569. The fraction of sp³-hybridized carbons (Fsp3) is 0.222. The third kappa shape index (κ3) is 5.84. The number of carbonyl (C=O) groups is 1. The monoisotopic (exact) mass is 184 g/mol. The average molecular weight is 184 g/mol. The number of hydrogen-bond donors (Lipinski definition) is 3. The van der Waals surface area contributed by atoms with Crippen LogP contribution >= 0.6 is 0 Å². The first kappa shape index (κ1) is 11.6. The van der Waals surface area contributed by atoms with Crippen LogP contribution in [0.4, 0.5) is 0 Å². The number of rotatable bonds is 5. The molecule has 0 amide bonds. The second-order valence-electron chi connectivity index (χ2n) is 2.30. The van der Waals surface area contributed by atoms with Crippen LogP contribution in [-0.2, 0) is 4.79 Å². The summed E-state index contributed by atoms with van der Waals surface area (Å²) >= 11 is 0. The molecule has 0 aliphatic heterocycles. The zero-order valence-corrected chi connectivity index (χ0v) is 7.00. The van der Waals surface area contributed by atoms with Crippen molar-refractivity contribution in [3.05, 3.63) is 37.0 Å². The summed E-state index contributed by atoms with van der Waals surface area (Å²) in [6.07, 6.45) is 3.88. The van der Waals surface area contributed by atoms with Crippen LogP contribution in [0.1, 0.15) is 0 Å². The Kier molecular flexibility index (Phi) is 5.50. The molecular formula is C9H12O4. The third-order valence-corrected chi connectivity index (χ3v) is 1.25. The lowest BCUT2D eigenvalue weighted by atomic mass is 10.2. The molecule has 2 atom stereocenters. The smallest absolute Gasteiger partial charge is 0.328 e. The van der Waals surface area contributed by atoms with Crippen LogP contribution in [0, 0.1) is 0 Å². The Labute approximate surface area is 76.1 Å². The summed E-state index contributed by atoms with van der Waals surface area (Å²) in [6.45, 7) is 3.28. The van der Waals surface area contributed by atoms with Gasteiger partial charge in [0.05, 0.1) is 0 Å². The van der Waals surface area contributed by atoms with Crippen molar-refractivity contribution >= 4 is 5.97 Å². The molecule has 0 aliphatic carbocycles. The summed E-state index contributed by atoms with van der Waals surface area (Å²) in [5.74, 6) is -1.07. The Bertz CT molecular complexity index is 230. The Balaban J connectivity index is 3.97. The van der Waals surface area contributed by atoms with Crippen LogP contribution in [0.5, 0.6) is 0 Å². The molecule has 3 N–H and O–H groups in total. The van der Waals surface area contributed by atoms with E-state index in [4.69, 9.17) is 15.3 Å². The maximum atomic E-state index is 9.99. The molecule has 0 radical (unpaired) electrons. The average Bonchev–Trinajstić information content (AvgIpc) is 2.10. The van der Waals surface area contributed by atoms with Gasteiger partial charge in [-0.1, -0.05) is 24.3 Å². The van der Waals surface area contributed by atoms with Crippen LogP contribution < -0.4 is 0 Å². The number of hydrogen-bond acceptors (Lipinski definition) is 3. The van der Waals surface area contributed by atoms with Crippen molar-refractivity contribution in [3.63, 3.8) is 0 Å². The number of aliphatic carboxylic acids is 1. The first-order chi connectivity index (χ1) is 6.07. The minimum atomic E-state index is -1.07. The molecule has 0 aromatic carbocycles. The van der Waals surface area contributed by atoms with Crippen molar-refractivity contribution in [2.75, 3.05) is 0 Å². The molecule has 0 saturated heterocycles. The highest BCUT2D eigenvalue weighted by Crippen LogP contribution is 1.96. The van der Waals surface area contributed by atoms with E-state index in [1.54, 1.807) is 0 Å². The topological polar surface area (TPSA) is 77.8 Å². The predicted molar refractivity (Wildman–Crippen MR) is 48.1 cm³/mol. The van der Waals surface area contributed by atoms with E-state index in [1.807, 2.05) is 0 Å². The summed E-state index contributed by atoms with van der Waals surface area (Å²) < 4.78 is 0. The van der Waals surface area contributed by atoms with E-state index in [9.17, 15) is 4.79 Å². The van der Waals surface area contributed by atoms with Crippen molar-refractivity contribution in [2.45, 2.75) is 12.2 Å². The van der Waals surface area contributed by atoms with E-state index in [-0.39, 0.29) is 0 Å². The lowest BCUT2D eigenvalue weighted by molar-refractivity contribution is -0.131. The molecule has 0 heterocycles. The molecule has 0 aliphatic rings. The molecule has 0 spiro atoms. The van der Waals surface area contributed by atoms with E-state index in [1.165, 1.54) is 24.3 Å².